The molecule has 11 heteroatoms. The van der Waals surface area contributed by atoms with Gasteiger partial charge in [-0.1, -0.05) is 32.9 Å². The third kappa shape index (κ3) is 6.05. The number of benzene rings is 1. The number of hydrogen-bond donors (Lipinski definition) is 1. The van der Waals surface area contributed by atoms with Crippen molar-refractivity contribution in [3.8, 4) is 5.75 Å². The van der Waals surface area contributed by atoms with Gasteiger partial charge in [0.1, 0.15) is 11.3 Å². The van der Waals surface area contributed by atoms with E-state index in [9.17, 15) is 14.4 Å². The highest BCUT2D eigenvalue weighted by Gasteiger charge is 2.68. The first-order chi connectivity index (χ1) is 20.1. The minimum atomic E-state index is -0.671. The van der Waals surface area contributed by atoms with Crippen LogP contribution in [0.4, 0.5) is 0 Å². The largest absolute Gasteiger partial charge is 0.496 e. The Morgan fingerprint density at radius 2 is 1.88 bits per heavy atom. The van der Waals surface area contributed by atoms with Gasteiger partial charge in [0.2, 0.25) is 12.7 Å². The van der Waals surface area contributed by atoms with Crippen molar-refractivity contribution >= 4 is 25.0 Å². The lowest BCUT2D eigenvalue weighted by Crippen LogP contribution is -2.65. The first-order valence-electron chi connectivity index (χ1n) is 15.3. The van der Waals surface area contributed by atoms with Gasteiger partial charge in [0.05, 0.1) is 24.8 Å². The van der Waals surface area contributed by atoms with Crippen LogP contribution in [0, 0.1) is 23.2 Å². The standard InChI is InChI=1S/C31H44BNO9/c1-6-26(34)33-25(32-41-24-17-21-16-23(30(21,2)3)31(24,4)42-32)15-20-8-7-9-22(28(20)37-5)29(36)40-18-39-27(35)14-19-10-12-38-13-11-19/h7-9,19,21,23-25H,6,10-18H2,1-5H3,(H,33,34). The summed E-state index contributed by atoms with van der Waals surface area (Å²) in [5.41, 5.74) is 0.674. The second kappa shape index (κ2) is 12.5. The molecular weight excluding hydrogens is 541 g/mol. The maximum Gasteiger partial charge on any atom is 0.482 e. The van der Waals surface area contributed by atoms with Crippen molar-refractivity contribution in [2.45, 2.75) is 90.3 Å². The second-order valence-corrected chi connectivity index (χ2v) is 12.9. The smallest absolute Gasteiger partial charge is 0.482 e. The van der Waals surface area contributed by atoms with Crippen LogP contribution in [-0.4, -0.2) is 69.7 Å². The zero-order valence-electron chi connectivity index (χ0n) is 25.4. The number of ether oxygens (including phenoxy) is 4. The Bertz CT molecular complexity index is 1170. The Hall–Kier alpha value is -2.63. The fraction of sp³-hybridized carbons (Fsp3) is 0.710. The summed E-state index contributed by atoms with van der Waals surface area (Å²) in [6.45, 7) is 9.37. The highest BCUT2D eigenvalue weighted by molar-refractivity contribution is 6.48. The topological polar surface area (TPSA) is 119 Å². The number of carbonyl (C=O) groups excluding carboxylic acids is 3. The highest BCUT2D eigenvalue weighted by atomic mass is 16.7. The number of nitrogens with one attached hydrogen (secondary N) is 1. The number of amides is 1. The highest BCUT2D eigenvalue weighted by Crippen LogP contribution is 2.65. The van der Waals surface area contributed by atoms with Gasteiger partial charge in [-0.15, -0.1) is 0 Å². The van der Waals surface area contributed by atoms with Gasteiger partial charge in [-0.2, -0.15) is 0 Å². The van der Waals surface area contributed by atoms with E-state index >= 15 is 0 Å². The van der Waals surface area contributed by atoms with E-state index in [1.165, 1.54) is 7.11 Å². The van der Waals surface area contributed by atoms with Crippen LogP contribution in [0.25, 0.3) is 0 Å². The van der Waals surface area contributed by atoms with Gasteiger partial charge in [-0.25, -0.2) is 4.79 Å². The third-order valence-corrected chi connectivity index (χ3v) is 10.1. The maximum atomic E-state index is 13.0. The molecule has 5 atom stereocenters. The zero-order chi connectivity index (χ0) is 30.1. The molecule has 2 saturated heterocycles. The number of methoxy groups -OCH3 is 1. The molecule has 3 saturated carbocycles. The van der Waals surface area contributed by atoms with Gasteiger partial charge in [0.25, 0.3) is 0 Å². The van der Waals surface area contributed by atoms with E-state index in [1.807, 2.05) is 6.07 Å². The number of rotatable bonds is 11. The first kappa shape index (κ1) is 30.8. The number of para-hydroxylation sites is 1. The summed E-state index contributed by atoms with van der Waals surface area (Å²) < 4.78 is 34.6. The van der Waals surface area contributed by atoms with Gasteiger partial charge >= 0.3 is 19.1 Å². The van der Waals surface area contributed by atoms with Crippen LogP contribution in [0.1, 0.15) is 82.1 Å². The van der Waals surface area contributed by atoms with Crippen LogP contribution in [0.3, 0.4) is 0 Å². The lowest BCUT2D eigenvalue weighted by molar-refractivity contribution is -0.199. The van der Waals surface area contributed by atoms with Crippen molar-refractivity contribution < 1.29 is 42.6 Å². The number of esters is 2. The maximum absolute atomic E-state index is 13.0. The van der Waals surface area contributed by atoms with E-state index in [0.717, 1.165) is 25.7 Å². The van der Waals surface area contributed by atoms with Gasteiger partial charge < -0.3 is 33.6 Å². The van der Waals surface area contributed by atoms with Crippen molar-refractivity contribution in [2.75, 3.05) is 27.1 Å². The van der Waals surface area contributed by atoms with Gasteiger partial charge in [-0.05, 0) is 73.8 Å². The molecule has 6 rings (SSSR count). The summed E-state index contributed by atoms with van der Waals surface area (Å²) >= 11 is 0. The second-order valence-electron chi connectivity index (χ2n) is 12.9. The molecule has 5 fully saturated rings. The Morgan fingerprint density at radius 3 is 2.57 bits per heavy atom. The van der Waals surface area contributed by atoms with E-state index < -0.39 is 37.4 Å². The molecule has 10 nitrogen and oxygen atoms in total. The first-order valence-corrected chi connectivity index (χ1v) is 15.3. The SMILES string of the molecule is CCC(=O)NC(Cc1cccc(C(=O)OCOC(=O)CC2CCOCC2)c1OC)B1OC2CC3CC(C3(C)C)C2(C)O1. The van der Waals surface area contributed by atoms with Crippen LogP contribution in [0.2, 0.25) is 0 Å². The van der Waals surface area contributed by atoms with Gasteiger partial charge in [0.15, 0.2) is 0 Å². The Morgan fingerprint density at radius 1 is 1.12 bits per heavy atom. The quantitative estimate of drug-likeness (QED) is 0.235. The lowest BCUT2D eigenvalue weighted by atomic mass is 9.43. The van der Waals surface area contributed by atoms with Gasteiger partial charge in [0, 0.05) is 26.1 Å². The van der Waals surface area contributed by atoms with E-state index in [1.54, 1.807) is 19.1 Å². The molecule has 2 aliphatic heterocycles. The van der Waals surface area contributed by atoms with E-state index in [0.29, 0.717) is 49.2 Å². The molecule has 5 unspecified atom stereocenters. The molecule has 0 aromatic heterocycles. The molecule has 2 heterocycles. The molecule has 230 valence electrons. The van der Waals surface area contributed by atoms with Crippen LogP contribution in [0.15, 0.2) is 18.2 Å². The van der Waals surface area contributed by atoms with E-state index in [-0.39, 0.29) is 35.3 Å². The molecular formula is C31H44BNO9. The lowest BCUT2D eigenvalue weighted by Gasteiger charge is -2.64. The summed E-state index contributed by atoms with van der Waals surface area (Å²) in [7, 11) is 0.845. The van der Waals surface area contributed by atoms with Crippen LogP contribution in [0.5, 0.6) is 5.75 Å². The average Bonchev–Trinajstić information content (AvgIpc) is 3.34. The molecule has 5 aliphatic rings. The predicted octanol–water partition coefficient (Wildman–Crippen LogP) is 3.87. The van der Waals surface area contributed by atoms with Crippen molar-refractivity contribution in [3.05, 3.63) is 29.3 Å². The Kier molecular flexibility index (Phi) is 9.20. The third-order valence-electron chi connectivity index (χ3n) is 10.1. The fourth-order valence-electron chi connectivity index (χ4n) is 7.45. The Labute approximate surface area is 248 Å². The number of carbonyl (C=O) groups is 3. The minimum absolute atomic E-state index is 0.0299. The summed E-state index contributed by atoms with van der Waals surface area (Å²) in [4.78, 5) is 37.8. The molecule has 42 heavy (non-hydrogen) atoms. The molecule has 3 aliphatic carbocycles. The molecule has 0 radical (unpaired) electrons. The normalized spacial score (nSPS) is 28.7. The molecule has 1 N–H and O–H groups in total. The van der Waals surface area contributed by atoms with E-state index in [2.05, 4.69) is 26.1 Å². The summed E-state index contributed by atoms with van der Waals surface area (Å²) in [6.07, 6.45) is 4.58. The van der Waals surface area contributed by atoms with Crippen LogP contribution < -0.4 is 10.1 Å². The molecule has 2 bridgehead atoms. The Balaban J connectivity index is 1.25. The average molecular weight is 586 g/mol. The van der Waals surface area contributed by atoms with Crippen LogP contribution in [-0.2, 0) is 39.5 Å². The molecule has 0 spiro atoms. The summed E-state index contributed by atoms with van der Waals surface area (Å²) in [5, 5.41) is 3.09. The zero-order valence-corrected chi connectivity index (χ0v) is 25.4. The van der Waals surface area contributed by atoms with Crippen molar-refractivity contribution in [1.82, 2.24) is 5.32 Å². The monoisotopic (exact) mass is 585 g/mol. The van der Waals surface area contributed by atoms with Crippen molar-refractivity contribution in [2.24, 2.45) is 23.2 Å². The van der Waals surface area contributed by atoms with Gasteiger partial charge in [-0.3, -0.25) is 9.59 Å². The van der Waals surface area contributed by atoms with Crippen molar-refractivity contribution in [3.63, 3.8) is 0 Å². The van der Waals surface area contributed by atoms with Crippen LogP contribution >= 0.6 is 0 Å². The minimum Gasteiger partial charge on any atom is -0.496 e. The predicted molar refractivity (Wildman–Crippen MR) is 154 cm³/mol. The van der Waals surface area contributed by atoms with Crippen molar-refractivity contribution in [1.29, 1.82) is 0 Å². The van der Waals surface area contributed by atoms with E-state index in [4.69, 9.17) is 28.3 Å². The summed E-state index contributed by atoms with van der Waals surface area (Å²) in [5.74, 6) is -0.142. The molecule has 1 aromatic carbocycles. The fourth-order valence-corrected chi connectivity index (χ4v) is 7.45. The molecule has 1 aromatic rings. The number of hydrogen-bond acceptors (Lipinski definition) is 9. The summed E-state index contributed by atoms with van der Waals surface area (Å²) in [6, 6.07) is 5.18. The molecule has 1 amide bonds.